The van der Waals surface area contributed by atoms with Crippen molar-refractivity contribution in [3.05, 3.63) is 53.3 Å². The first-order chi connectivity index (χ1) is 11.7. The maximum absolute atomic E-state index is 13.3. The Morgan fingerprint density at radius 2 is 1.72 bits per heavy atom. The molecule has 0 aliphatic carbocycles. The second-order valence-corrected chi connectivity index (χ2v) is 6.75. The molecule has 0 aliphatic heterocycles. The van der Waals surface area contributed by atoms with E-state index in [1.54, 1.807) is 6.92 Å². The van der Waals surface area contributed by atoms with Crippen LogP contribution in [0.15, 0.2) is 39.8 Å². The van der Waals surface area contributed by atoms with Crippen molar-refractivity contribution in [2.45, 2.75) is 11.8 Å². The monoisotopic (exact) mass is 369 g/mol. The molecule has 0 fully saturated rings. The molecule has 0 spiro atoms. The molecular weight excluding hydrogens is 359 g/mol. The van der Waals surface area contributed by atoms with Gasteiger partial charge in [-0.2, -0.15) is 4.98 Å². The normalized spacial score (nSPS) is 11.7. The Hall–Kier alpha value is -2.72. The van der Waals surface area contributed by atoms with Crippen LogP contribution in [0.1, 0.15) is 5.56 Å². The molecule has 0 atom stereocenters. The zero-order valence-corrected chi connectivity index (χ0v) is 13.4. The molecule has 0 radical (unpaired) electrons. The van der Waals surface area contributed by atoms with Gasteiger partial charge in [-0.05, 0) is 31.2 Å². The van der Waals surface area contributed by atoms with Crippen molar-refractivity contribution in [3.63, 3.8) is 0 Å². The van der Waals surface area contributed by atoms with Crippen LogP contribution in [0.5, 0.6) is 0 Å². The fourth-order valence-corrected chi connectivity index (χ4v) is 2.90. The smallest absolute Gasteiger partial charge is 0.259 e. The summed E-state index contributed by atoms with van der Waals surface area (Å²) in [6.07, 6.45) is 0. The third-order valence-electron chi connectivity index (χ3n) is 3.34. The summed E-state index contributed by atoms with van der Waals surface area (Å²) in [6.45, 7) is 1.71. The predicted molar refractivity (Wildman–Crippen MR) is 81.2 cm³/mol. The molecule has 10 heteroatoms. The Labute approximate surface area is 140 Å². The van der Waals surface area contributed by atoms with Crippen LogP contribution in [0, 0.1) is 24.4 Å². The fraction of sp³-hybridized carbons (Fsp3) is 0.0667. The van der Waals surface area contributed by atoms with Gasteiger partial charge in [0, 0.05) is 5.56 Å². The van der Waals surface area contributed by atoms with Gasteiger partial charge < -0.3 is 4.52 Å². The maximum atomic E-state index is 13.3. The molecule has 0 aliphatic rings. The van der Waals surface area contributed by atoms with Gasteiger partial charge in [0.1, 0.15) is 0 Å². The number of nitrogens with zero attached hydrogens (tertiary/aromatic N) is 2. The Bertz CT molecular complexity index is 1060. The number of sulfonamides is 1. The Balaban J connectivity index is 2.14. The van der Waals surface area contributed by atoms with Gasteiger partial charge in [0.05, 0.1) is 10.5 Å². The van der Waals surface area contributed by atoms with E-state index < -0.39 is 27.5 Å². The molecule has 0 bridgehead atoms. The highest BCUT2D eigenvalue weighted by atomic mass is 32.2. The van der Waals surface area contributed by atoms with E-state index in [2.05, 4.69) is 10.1 Å². The van der Waals surface area contributed by atoms with E-state index in [1.165, 1.54) is 18.2 Å². The van der Waals surface area contributed by atoms with Crippen LogP contribution in [0.25, 0.3) is 22.8 Å². The summed E-state index contributed by atoms with van der Waals surface area (Å²) in [7, 11) is -4.07. The number of aryl methyl sites for hydroxylation is 1. The lowest BCUT2D eigenvalue weighted by Crippen LogP contribution is -2.13. The zero-order chi connectivity index (χ0) is 18.4. The minimum absolute atomic E-state index is 0.0457. The molecule has 2 N–H and O–H groups in total. The van der Waals surface area contributed by atoms with E-state index in [1.807, 2.05) is 0 Å². The van der Waals surface area contributed by atoms with Crippen LogP contribution in [0.3, 0.4) is 0 Å². The molecule has 0 saturated heterocycles. The van der Waals surface area contributed by atoms with Gasteiger partial charge >= 0.3 is 0 Å². The van der Waals surface area contributed by atoms with Crippen LogP contribution in [-0.4, -0.2) is 18.6 Å². The van der Waals surface area contributed by atoms with Crippen LogP contribution in [0.4, 0.5) is 13.2 Å². The first-order valence-electron chi connectivity index (χ1n) is 6.79. The standard InChI is InChI=1S/C15H10F3N3O3S/c1-7-2-3-12(25(19,22)23)9(4-7)15-20-14(21-24-15)8-5-10(16)13(18)11(17)6-8/h2-6H,1H3,(H2,19,22,23). The number of aromatic nitrogens is 2. The third kappa shape index (κ3) is 3.26. The van der Waals surface area contributed by atoms with Gasteiger partial charge in [0.25, 0.3) is 5.89 Å². The van der Waals surface area contributed by atoms with Crippen LogP contribution < -0.4 is 5.14 Å². The molecule has 0 amide bonds. The van der Waals surface area contributed by atoms with Gasteiger partial charge in [-0.3, -0.25) is 0 Å². The third-order valence-corrected chi connectivity index (χ3v) is 4.31. The van der Waals surface area contributed by atoms with Crippen molar-refractivity contribution >= 4 is 10.0 Å². The summed E-state index contributed by atoms with van der Waals surface area (Å²) in [4.78, 5) is 3.68. The quantitative estimate of drug-likeness (QED) is 0.716. The largest absolute Gasteiger partial charge is 0.334 e. The van der Waals surface area contributed by atoms with Crippen LogP contribution >= 0.6 is 0 Å². The number of nitrogens with two attached hydrogens (primary N) is 1. The summed E-state index contributed by atoms with van der Waals surface area (Å²) in [6, 6.07) is 5.67. The lowest BCUT2D eigenvalue weighted by Gasteiger charge is -2.04. The number of hydrogen-bond donors (Lipinski definition) is 1. The zero-order valence-electron chi connectivity index (χ0n) is 12.6. The highest BCUT2D eigenvalue weighted by Crippen LogP contribution is 2.29. The fourth-order valence-electron chi connectivity index (χ4n) is 2.19. The van der Waals surface area contributed by atoms with E-state index in [0.717, 1.165) is 0 Å². The van der Waals surface area contributed by atoms with Gasteiger partial charge in [0.2, 0.25) is 15.8 Å². The molecule has 1 heterocycles. The summed E-state index contributed by atoms with van der Waals surface area (Å²) in [5, 5.41) is 8.71. The number of benzene rings is 2. The highest BCUT2D eigenvalue weighted by Gasteiger charge is 2.21. The topological polar surface area (TPSA) is 99.1 Å². The number of rotatable bonds is 3. The molecule has 1 aromatic heterocycles. The lowest BCUT2D eigenvalue weighted by atomic mass is 10.1. The second kappa shape index (κ2) is 5.97. The van der Waals surface area contributed by atoms with Gasteiger partial charge in [-0.15, -0.1) is 0 Å². The molecule has 2 aromatic carbocycles. The Morgan fingerprint density at radius 3 is 2.32 bits per heavy atom. The molecule has 6 nitrogen and oxygen atoms in total. The lowest BCUT2D eigenvalue weighted by molar-refractivity contribution is 0.430. The minimum atomic E-state index is -4.07. The molecule has 130 valence electrons. The van der Waals surface area contributed by atoms with E-state index in [0.29, 0.717) is 17.7 Å². The van der Waals surface area contributed by atoms with E-state index in [9.17, 15) is 21.6 Å². The average molecular weight is 369 g/mol. The van der Waals surface area contributed by atoms with Crippen molar-refractivity contribution in [3.8, 4) is 22.8 Å². The molecule has 25 heavy (non-hydrogen) atoms. The highest BCUT2D eigenvalue weighted by molar-refractivity contribution is 7.89. The molecule has 0 saturated carbocycles. The van der Waals surface area contributed by atoms with Crippen molar-refractivity contribution in [2.75, 3.05) is 0 Å². The SMILES string of the molecule is Cc1ccc(S(N)(=O)=O)c(-c2nc(-c3cc(F)c(F)c(F)c3)no2)c1. The van der Waals surface area contributed by atoms with Crippen LogP contribution in [-0.2, 0) is 10.0 Å². The predicted octanol–water partition coefficient (Wildman–Crippen LogP) is 2.78. The molecular formula is C15H10F3N3O3S. The summed E-state index contributed by atoms with van der Waals surface area (Å²) >= 11 is 0. The van der Waals surface area contributed by atoms with Gasteiger partial charge in [-0.25, -0.2) is 26.7 Å². The summed E-state index contributed by atoms with van der Waals surface area (Å²) < 4.78 is 68.1. The summed E-state index contributed by atoms with van der Waals surface area (Å²) in [5.74, 6) is -4.91. The van der Waals surface area contributed by atoms with Crippen molar-refractivity contribution in [1.29, 1.82) is 0 Å². The minimum Gasteiger partial charge on any atom is -0.334 e. The first kappa shape index (κ1) is 17.1. The molecule has 3 aromatic rings. The summed E-state index contributed by atoms with van der Waals surface area (Å²) in [5.41, 5.74) is 0.571. The van der Waals surface area contributed by atoms with Crippen molar-refractivity contribution < 1.29 is 26.1 Å². The van der Waals surface area contributed by atoms with Gasteiger partial charge in [0.15, 0.2) is 17.5 Å². The van der Waals surface area contributed by atoms with Crippen molar-refractivity contribution in [1.82, 2.24) is 10.1 Å². The molecule has 0 unspecified atom stereocenters. The Morgan fingerprint density at radius 1 is 1.08 bits per heavy atom. The number of halogens is 3. The first-order valence-corrected chi connectivity index (χ1v) is 8.34. The Kier molecular flexibility index (Phi) is 4.09. The second-order valence-electron chi connectivity index (χ2n) is 5.22. The maximum Gasteiger partial charge on any atom is 0.259 e. The van der Waals surface area contributed by atoms with Gasteiger partial charge in [-0.1, -0.05) is 16.8 Å². The molecule has 3 rings (SSSR count). The number of hydrogen-bond acceptors (Lipinski definition) is 5. The van der Waals surface area contributed by atoms with Crippen molar-refractivity contribution in [2.24, 2.45) is 5.14 Å². The van der Waals surface area contributed by atoms with E-state index in [-0.39, 0.29) is 27.7 Å². The average Bonchev–Trinajstić information content (AvgIpc) is 3.00. The van der Waals surface area contributed by atoms with E-state index in [4.69, 9.17) is 9.66 Å². The van der Waals surface area contributed by atoms with E-state index >= 15 is 0 Å². The number of primary sulfonamides is 1. The van der Waals surface area contributed by atoms with Crippen LogP contribution in [0.2, 0.25) is 0 Å².